The molecule has 1 aromatic carbocycles. The number of Topliss-reactive ketones (excluding diaryl/α,β-unsaturated/α-hetero) is 1. The van der Waals surface area contributed by atoms with E-state index in [0.29, 0.717) is 12.0 Å². The smallest absolute Gasteiger partial charge is 0.379 e. The number of carbonyl (C=O) groups is 2. The average Bonchev–Trinajstić information content (AvgIpc) is 2.78. The van der Waals surface area contributed by atoms with Crippen molar-refractivity contribution in [1.82, 2.24) is 0 Å². The van der Waals surface area contributed by atoms with E-state index in [2.05, 4.69) is 4.74 Å². The van der Waals surface area contributed by atoms with Crippen molar-refractivity contribution < 1.29 is 18.7 Å². The van der Waals surface area contributed by atoms with Crippen molar-refractivity contribution in [2.24, 2.45) is 0 Å². The third kappa shape index (κ3) is 2.07. The van der Waals surface area contributed by atoms with Crippen LogP contribution in [0, 0.1) is 5.82 Å². The van der Waals surface area contributed by atoms with Crippen LogP contribution in [0.2, 0.25) is 0 Å². The van der Waals surface area contributed by atoms with Gasteiger partial charge in [0.25, 0.3) is 5.78 Å². The van der Waals surface area contributed by atoms with Gasteiger partial charge in [0.1, 0.15) is 5.82 Å². The van der Waals surface area contributed by atoms with Gasteiger partial charge in [0, 0.05) is 0 Å². The Morgan fingerprint density at radius 1 is 1.35 bits per heavy atom. The van der Waals surface area contributed by atoms with E-state index in [1.54, 1.807) is 13.0 Å². The maximum atomic E-state index is 14.0. The Bertz CT molecular complexity index is 480. The van der Waals surface area contributed by atoms with Gasteiger partial charge in [0.2, 0.25) is 0 Å². The second-order valence-electron chi connectivity index (χ2n) is 3.97. The zero-order valence-electron chi connectivity index (χ0n) is 9.59. The van der Waals surface area contributed by atoms with E-state index < -0.39 is 17.6 Å². The lowest BCUT2D eigenvalue weighted by atomic mass is 10.0. The summed E-state index contributed by atoms with van der Waals surface area (Å²) in [6.07, 6.45) is 2.36. The summed E-state index contributed by atoms with van der Waals surface area (Å²) >= 11 is 0. The number of halogens is 1. The SMILES string of the molecule is CCOC(=O)C(=O)c1ccc2c(c1F)CCC2. The van der Waals surface area contributed by atoms with Crippen LogP contribution in [0.3, 0.4) is 0 Å². The topological polar surface area (TPSA) is 43.4 Å². The van der Waals surface area contributed by atoms with Gasteiger partial charge in [-0.15, -0.1) is 0 Å². The number of fused-ring (bicyclic) bond motifs is 1. The number of hydrogen-bond donors (Lipinski definition) is 0. The molecule has 0 radical (unpaired) electrons. The molecular weight excluding hydrogens is 223 g/mol. The lowest BCUT2D eigenvalue weighted by molar-refractivity contribution is -0.137. The van der Waals surface area contributed by atoms with E-state index in [1.165, 1.54) is 6.07 Å². The van der Waals surface area contributed by atoms with Crippen molar-refractivity contribution in [1.29, 1.82) is 0 Å². The largest absolute Gasteiger partial charge is 0.460 e. The van der Waals surface area contributed by atoms with Crippen molar-refractivity contribution in [3.8, 4) is 0 Å². The Hall–Kier alpha value is -1.71. The van der Waals surface area contributed by atoms with Gasteiger partial charge in [-0.25, -0.2) is 9.18 Å². The van der Waals surface area contributed by atoms with Crippen LogP contribution in [-0.4, -0.2) is 18.4 Å². The Balaban J connectivity index is 2.34. The molecule has 0 fully saturated rings. The highest BCUT2D eigenvalue weighted by atomic mass is 19.1. The van der Waals surface area contributed by atoms with Crippen LogP contribution < -0.4 is 0 Å². The van der Waals surface area contributed by atoms with Gasteiger partial charge in [-0.3, -0.25) is 4.79 Å². The Kier molecular flexibility index (Phi) is 3.22. The van der Waals surface area contributed by atoms with Gasteiger partial charge in [-0.2, -0.15) is 0 Å². The number of carbonyl (C=O) groups excluding carboxylic acids is 2. The van der Waals surface area contributed by atoms with Crippen LogP contribution >= 0.6 is 0 Å². The Labute approximate surface area is 98.6 Å². The molecule has 4 heteroatoms. The van der Waals surface area contributed by atoms with E-state index >= 15 is 0 Å². The molecule has 0 amide bonds. The number of aryl methyl sites for hydroxylation is 1. The zero-order chi connectivity index (χ0) is 12.4. The minimum absolute atomic E-state index is 0.108. The molecular formula is C13H13FO3. The molecule has 1 aliphatic carbocycles. The molecule has 0 atom stereocenters. The van der Waals surface area contributed by atoms with Crippen molar-refractivity contribution in [2.75, 3.05) is 6.61 Å². The van der Waals surface area contributed by atoms with Crippen LogP contribution in [0.1, 0.15) is 34.8 Å². The fraction of sp³-hybridized carbons (Fsp3) is 0.385. The summed E-state index contributed by atoms with van der Waals surface area (Å²) < 4.78 is 18.6. The minimum Gasteiger partial charge on any atom is -0.460 e. The van der Waals surface area contributed by atoms with E-state index in [1.807, 2.05) is 0 Å². The number of ketones is 1. The van der Waals surface area contributed by atoms with Gasteiger partial charge < -0.3 is 4.74 Å². The molecule has 0 spiro atoms. The van der Waals surface area contributed by atoms with E-state index in [4.69, 9.17) is 0 Å². The highest BCUT2D eigenvalue weighted by Crippen LogP contribution is 2.26. The van der Waals surface area contributed by atoms with E-state index in [9.17, 15) is 14.0 Å². The lowest BCUT2D eigenvalue weighted by Crippen LogP contribution is -2.19. The third-order valence-electron chi connectivity index (χ3n) is 2.92. The summed E-state index contributed by atoms with van der Waals surface area (Å²) in [5, 5.41) is 0. The van der Waals surface area contributed by atoms with Crippen LogP contribution in [-0.2, 0) is 22.4 Å². The van der Waals surface area contributed by atoms with Gasteiger partial charge in [0.05, 0.1) is 12.2 Å². The highest BCUT2D eigenvalue weighted by molar-refractivity contribution is 6.40. The normalized spacial score (nSPS) is 13.3. The Morgan fingerprint density at radius 2 is 2.12 bits per heavy atom. The van der Waals surface area contributed by atoms with Gasteiger partial charge in [0.15, 0.2) is 0 Å². The predicted octanol–water partition coefficient (Wildman–Crippen LogP) is 2.06. The standard InChI is InChI=1S/C13H13FO3/c1-2-17-13(16)12(15)10-7-6-8-4-3-5-9(8)11(10)14/h6-7H,2-5H2,1H3. The molecule has 0 bridgehead atoms. The van der Waals surface area contributed by atoms with Crippen molar-refractivity contribution >= 4 is 11.8 Å². The average molecular weight is 236 g/mol. The maximum absolute atomic E-state index is 14.0. The number of benzene rings is 1. The summed E-state index contributed by atoms with van der Waals surface area (Å²) in [5.41, 5.74) is 1.33. The summed E-state index contributed by atoms with van der Waals surface area (Å²) in [6, 6.07) is 3.09. The first-order valence-electron chi connectivity index (χ1n) is 5.66. The summed E-state index contributed by atoms with van der Waals surface area (Å²) in [4.78, 5) is 22.9. The molecule has 0 unspecified atom stereocenters. The number of esters is 1. The molecule has 0 aliphatic heterocycles. The maximum Gasteiger partial charge on any atom is 0.379 e. The highest BCUT2D eigenvalue weighted by Gasteiger charge is 2.25. The minimum atomic E-state index is -0.996. The van der Waals surface area contributed by atoms with Gasteiger partial charge >= 0.3 is 5.97 Å². The van der Waals surface area contributed by atoms with Crippen LogP contribution in [0.5, 0.6) is 0 Å². The summed E-state index contributed by atoms with van der Waals surface area (Å²) in [5.74, 6) is -2.46. The van der Waals surface area contributed by atoms with E-state index in [-0.39, 0.29) is 12.2 Å². The molecule has 90 valence electrons. The first kappa shape index (κ1) is 11.8. The molecule has 1 aromatic rings. The predicted molar refractivity (Wildman–Crippen MR) is 59.4 cm³/mol. The number of ether oxygens (including phenoxy) is 1. The third-order valence-corrected chi connectivity index (χ3v) is 2.92. The second-order valence-corrected chi connectivity index (χ2v) is 3.97. The Morgan fingerprint density at radius 3 is 2.82 bits per heavy atom. The van der Waals surface area contributed by atoms with Gasteiger partial charge in [-0.05, 0) is 43.4 Å². The first-order valence-corrected chi connectivity index (χ1v) is 5.66. The van der Waals surface area contributed by atoms with Crippen LogP contribution in [0.4, 0.5) is 4.39 Å². The fourth-order valence-electron chi connectivity index (χ4n) is 2.10. The molecule has 3 nitrogen and oxygen atoms in total. The molecule has 17 heavy (non-hydrogen) atoms. The molecule has 0 heterocycles. The molecule has 0 saturated heterocycles. The lowest BCUT2D eigenvalue weighted by Gasteiger charge is -2.06. The molecule has 2 rings (SSSR count). The van der Waals surface area contributed by atoms with Gasteiger partial charge in [-0.1, -0.05) is 6.07 Å². The van der Waals surface area contributed by atoms with E-state index in [0.717, 1.165) is 18.4 Å². The van der Waals surface area contributed by atoms with Crippen molar-refractivity contribution in [3.63, 3.8) is 0 Å². The number of rotatable bonds is 3. The van der Waals surface area contributed by atoms with Crippen molar-refractivity contribution in [3.05, 3.63) is 34.6 Å². The quantitative estimate of drug-likeness (QED) is 0.458. The first-order chi connectivity index (χ1) is 8.15. The summed E-state index contributed by atoms with van der Waals surface area (Å²) in [7, 11) is 0. The second kappa shape index (κ2) is 4.65. The monoisotopic (exact) mass is 236 g/mol. The molecule has 0 saturated carbocycles. The molecule has 0 aromatic heterocycles. The summed E-state index contributed by atoms with van der Waals surface area (Å²) in [6.45, 7) is 1.71. The van der Waals surface area contributed by atoms with Crippen LogP contribution in [0.25, 0.3) is 0 Å². The van der Waals surface area contributed by atoms with Crippen LogP contribution in [0.15, 0.2) is 12.1 Å². The zero-order valence-corrected chi connectivity index (χ0v) is 9.59. The van der Waals surface area contributed by atoms with Crippen molar-refractivity contribution in [2.45, 2.75) is 26.2 Å². The molecule has 1 aliphatic rings. The fourth-order valence-corrected chi connectivity index (χ4v) is 2.10. The molecule has 0 N–H and O–H groups in total. The number of hydrogen-bond acceptors (Lipinski definition) is 3.